The van der Waals surface area contributed by atoms with Crippen molar-refractivity contribution in [3.05, 3.63) is 21.9 Å². The summed E-state index contributed by atoms with van der Waals surface area (Å²) in [5, 5.41) is 6.97. The van der Waals surface area contributed by atoms with E-state index in [0.29, 0.717) is 6.04 Å². The van der Waals surface area contributed by atoms with Gasteiger partial charge in [-0.2, -0.15) is 0 Å². The molecule has 1 aliphatic rings. The fourth-order valence-corrected chi connectivity index (χ4v) is 2.93. The van der Waals surface area contributed by atoms with Crippen LogP contribution in [-0.2, 0) is 17.7 Å². The third-order valence-corrected chi connectivity index (χ3v) is 4.26. The summed E-state index contributed by atoms with van der Waals surface area (Å²) in [6, 6.07) is 5.00. The summed E-state index contributed by atoms with van der Waals surface area (Å²) in [5.74, 6) is 0. The quantitative estimate of drug-likeness (QED) is 0.759. The molecule has 1 atom stereocenters. The summed E-state index contributed by atoms with van der Waals surface area (Å²) in [6.07, 6.45) is 2.29. The smallest absolute Gasteiger partial charge is 0.0620 e. The number of nitrogens with one attached hydrogen (secondary N) is 2. The summed E-state index contributed by atoms with van der Waals surface area (Å²) in [7, 11) is 0. The van der Waals surface area contributed by atoms with E-state index in [4.69, 9.17) is 4.74 Å². The summed E-state index contributed by atoms with van der Waals surface area (Å²) >= 11 is 1.92. The van der Waals surface area contributed by atoms with Crippen LogP contribution in [0.25, 0.3) is 0 Å². The van der Waals surface area contributed by atoms with E-state index in [0.717, 1.165) is 45.7 Å². The van der Waals surface area contributed by atoms with Crippen molar-refractivity contribution in [1.82, 2.24) is 10.6 Å². The molecule has 2 rings (SSSR count). The van der Waals surface area contributed by atoms with E-state index >= 15 is 0 Å². The highest BCUT2D eigenvalue weighted by atomic mass is 32.1. The average molecular weight is 254 g/mol. The molecule has 0 amide bonds. The minimum atomic E-state index is 0.533. The van der Waals surface area contributed by atoms with E-state index < -0.39 is 0 Å². The van der Waals surface area contributed by atoms with Gasteiger partial charge in [0.1, 0.15) is 0 Å². The molecular formula is C13H22N2OS. The monoisotopic (exact) mass is 254 g/mol. The molecule has 0 radical (unpaired) electrons. The van der Waals surface area contributed by atoms with Crippen molar-refractivity contribution in [3.63, 3.8) is 0 Å². The van der Waals surface area contributed by atoms with Crippen molar-refractivity contribution in [2.45, 2.75) is 32.4 Å². The van der Waals surface area contributed by atoms with Crippen LogP contribution in [-0.4, -0.2) is 32.3 Å². The van der Waals surface area contributed by atoms with Crippen LogP contribution in [0.3, 0.4) is 0 Å². The number of rotatable bonds is 6. The minimum Gasteiger partial charge on any atom is -0.379 e. The van der Waals surface area contributed by atoms with Gasteiger partial charge >= 0.3 is 0 Å². The van der Waals surface area contributed by atoms with Gasteiger partial charge in [-0.3, -0.25) is 0 Å². The molecule has 3 nitrogen and oxygen atoms in total. The molecule has 0 spiro atoms. The van der Waals surface area contributed by atoms with Gasteiger partial charge in [0.25, 0.3) is 0 Å². The maximum Gasteiger partial charge on any atom is 0.0620 e. The second-order valence-corrected chi connectivity index (χ2v) is 5.67. The molecule has 0 bridgehead atoms. The van der Waals surface area contributed by atoms with Gasteiger partial charge in [-0.05, 0) is 31.5 Å². The molecule has 1 saturated heterocycles. The van der Waals surface area contributed by atoms with Crippen LogP contribution in [0.15, 0.2) is 12.1 Å². The number of hydrogen-bond donors (Lipinski definition) is 2. The fourth-order valence-electron chi connectivity index (χ4n) is 2.00. The van der Waals surface area contributed by atoms with Gasteiger partial charge in [0, 0.05) is 28.9 Å². The molecule has 96 valence electrons. The zero-order valence-corrected chi connectivity index (χ0v) is 11.3. The first-order valence-electron chi connectivity index (χ1n) is 6.48. The fraction of sp³-hybridized carbons (Fsp3) is 0.692. The Balaban J connectivity index is 1.59. The Morgan fingerprint density at radius 1 is 1.47 bits per heavy atom. The van der Waals surface area contributed by atoms with E-state index in [9.17, 15) is 0 Å². The van der Waals surface area contributed by atoms with E-state index in [1.807, 2.05) is 11.3 Å². The second kappa shape index (κ2) is 7.11. The van der Waals surface area contributed by atoms with Crippen LogP contribution < -0.4 is 10.6 Å². The van der Waals surface area contributed by atoms with Gasteiger partial charge in [-0.25, -0.2) is 0 Å². The first-order valence-corrected chi connectivity index (χ1v) is 7.29. The molecular weight excluding hydrogens is 232 g/mol. The molecule has 0 aliphatic carbocycles. The lowest BCUT2D eigenvalue weighted by molar-refractivity contribution is 0.0742. The number of hydrogen-bond acceptors (Lipinski definition) is 4. The van der Waals surface area contributed by atoms with Gasteiger partial charge in [-0.1, -0.05) is 6.92 Å². The van der Waals surface area contributed by atoms with E-state index in [1.54, 1.807) is 0 Å². The van der Waals surface area contributed by atoms with Crippen molar-refractivity contribution < 1.29 is 4.74 Å². The van der Waals surface area contributed by atoms with E-state index in [2.05, 4.69) is 29.7 Å². The van der Waals surface area contributed by atoms with Crippen molar-refractivity contribution >= 4 is 11.3 Å². The van der Waals surface area contributed by atoms with Gasteiger partial charge in [0.2, 0.25) is 0 Å². The number of ether oxygens (including phenoxy) is 1. The molecule has 0 saturated carbocycles. The van der Waals surface area contributed by atoms with Crippen LogP contribution in [0.5, 0.6) is 0 Å². The van der Waals surface area contributed by atoms with Gasteiger partial charge in [0.15, 0.2) is 0 Å². The van der Waals surface area contributed by atoms with Crippen molar-refractivity contribution in [2.24, 2.45) is 0 Å². The summed E-state index contributed by atoms with van der Waals surface area (Å²) in [5.41, 5.74) is 0. The molecule has 1 aromatic rings. The third-order valence-electron chi connectivity index (χ3n) is 3.03. The molecule has 1 unspecified atom stereocenters. The van der Waals surface area contributed by atoms with Crippen LogP contribution in [0.2, 0.25) is 0 Å². The molecule has 17 heavy (non-hydrogen) atoms. The van der Waals surface area contributed by atoms with Crippen molar-refractivity contribution in [2.75, 3.05) is 26.3 Å². The van der Waals surface area contributed by atoms with Crippen LogP contribution >= 0.6 is 11.3 Å². The van der Waals surface area contributed by atoms with Crippen LogP contribution in [0, 0.1) is 0 Å². The van der Waals surface area contributed by atoms with Crippen molar-refractivity contribution in [3.8, 4) is 0 Å². The number of thiophene rings is 1. The standard InChI is InChI=1S/C13H22N2OS/c1-2-12-3-4-13(17-12)9-14-6-5-11-10-16-8-7-15-11/h3-4,11,14-15H,2,5-10H2,1H3. The summed E-state index contributed by atoms with van der Waals surface area (Å²) in [4.78, 5) is 2.92. The number of aryl methyl sites for hydroxylation is 1. The van der Waals surface area contributed by atoms with Crippen LogP contribution in [0.4, 0.5) is 0 Å². The molecule has 2 heterocycles. The maximum atomic E-state index is 5.43. The van der Waals surface area contributed by atoms with Crippen LogP contribution in [0.1, 0.15) is 23.1 Å². The van der Waals surface area contributed by atoms with Crippen molar-refractivity contribution in [1.29, 1.82) is 0 Å². The summed E-state index contributed by atoms with van der Waals surface area (Å²) < 4.78 is 5.43. The lowest BCUT2D eigenvalue weighted by Gasteiger charge is -2.23. The Bertz CT molecular complexity index is 321. The Labute approximate surface area is 108 Å². The molecule has 1 aliphatic heterocycles. The Hall–Kier alpha value is -0.420. The molecule has 4 heteroatoms. The minimum absolute atomic E-state index is 0.533. The Morgan fingerprint density at radius 3 is 3.06 bits per heavy atom. The first kappa shape index (κ1) is 13.0. The molecule has 1 fully saturated rings. The van der Waals surface area contributed by atoms with Gasteiger partial charge in [-0.15, -0.1) is 11.3 Å². The normalized spacial score (nSPS) is 20.6. The van der Waals surface area contributed by atoms with E-state index in [1.165, 1.54) is 9.75 Å². The topological polar surface area (TPSA) is 33.3 Å². The third kappa shape index (κ3) is 4.39. The van der Waals surface area contributed by atoms with Gasteiger partial charge in [0.05, 0.1) is 13.2 Å². The highest BCUT2D eigenvalue weighted by Crippen LogP contribution is 2.16. The molecule has 1 aromatic heterocycles. The van der Waals surface area contributed by atoms with Gasteiger partial charge < -0.3 is 15.4 Å². The lowest BCUT2D eigenvalue weighted by Crippen LogP contribution is -2.42. The second-order valence-electron chi connectivity index (χ2n) is 4.41. The average Bonchev–Trinajstić information content (AvgIpc) is 2.84. The lowest BCUT2D eigenvalue weighted by atomic mass is 10.2. The van der Waals surface area contributed by atoms with E-state index in [-0.39, 0.29) is 0 Å². The maximum absolute atomic E-state index is 5.43. The highest BCUT2D eigenvalue weighted by molar-refractivity contribution is 7.11. The Kier molecular flexibility index (Phi) is 5.45. The zero-order valence-electron chi connectivity index (χ0n) is 10.5. The molecule has 2 N–H and O–H groups in total. The predicted molar refractivity (Wildman–Crippen MR) is 72.6 cm³/mol. The number of morpholine rings is 1. The molecule has 0 aromatic carbocycles. The zero-order chi connectivity index (χ0) is 11.9. The predicted octanol–water partition coefficient (Wildman–Crippen LogP) is 1.78. The largest absolute Gasteiger partial charge is 0.379 e. The highest BCUT2D eigenvalue weighted by Gasteiger charge is 2.11. The Morgan fingerprint density at radius 2 is 2.35 bits per heavy atom. The first-order chi connectivity index (χ1) is 8.38. The summed E-state index contributed by atoms with van der Waals surface area (Å²) in [6.45, 7) is 6.98. The SMILES string of the molecule is CCc1ccc(CNCCC2COCCN2)s1.